The third-order valence-corrected chi connectivity index (χ3v) is 4.85. The minimum Gasteiger partial charge on any atom is -0.495 e. The molecule has 1 saturated heterocycles. The highest BCUT2D eigenvalue weighted by atomic mass is 16.5. The number of nitrogens with zero attached hydrogens (tertiary/aromatic N) is 1. The average molecular weight is 364 g/mol. The van der Waals surface area contributed by atoms with E-state index in [1.807, 2.05) is 30.3 Å². The van der Waals surface area contributed by atoms with E-state index in [2.05, 4.69) is 4.98 Å². The van der Waals surface area contributed by atoms with Gasteiger partial charge in [0.15, 0.2) is 0 Å². The van der Waals surface area contributed by atoms with Gasteiger partial charge in [-0.25, -0.2) is 0 Å². The molecule has 1 amide bonds. The second-order valence-electron chi connectivity index (χ2n) is 6.44. The maximum atomic E-state index is 13.0. The number of hydrogen-bond acceptors (Lipinski definition) is 4. The number of para-hydroxylation sites is 1. The van der Waals surface area contributed by atoms with Gasteiger partial charge in [-0.2, -0.15) is 0 Å². The van der Waals surface area contributed by atoms with Crippen LogP contribution in [0.1, 0.15) is 22.0 Å². The summed E-state index contributed by atoms with van der Waals surface area (Å²) in [5, 5.41) is 0.438. The number of amides is 1. The van der Waals surface area contributed by atoms with E-state index in [0.717, 1.165) is 5.56 Å². The molecule has 1 aliphatic heterocycles. The second kappa shape index (κ2) is 7.25. The lowest BCUT2D eigenvalue weighted by Crippen LogP contribution is -2.43. The Labute approximate surface area is 156 Å². The Morgan fingerprint density at radius 3 is 2.78 bits per heavy atom. The van der Waals surface area contributed by atoms with Crippen LogP contribution in [0.2, 0.25) is 0 Å². The zero-order valence-corrected chi connectivity index (χ0v) is 15.0. The number of nitrogens with one attached hydrogen (secondary N) is 1. The average Bonchev–Trinajstić information content (AvgIpc) is 2.74. The van der Waals surface area contributed by atoms with Crippen LogP contribution in [0.3, 0.4) is 0 Å². The fourth-order valence-electron chi connectivity index (χ4n) is 3.43. The molecule has 6 heteroatoms. The summed E-state index contributed by atoms with van der Waals surface area (Å²) in [5.74, 6) is 0.282. The first-order valence-corrected chi connectivity index (χ1v) is 8.83. The summed E-state index contributed by atoms with van der Waals surface area (Å²) >= 11 is 0. The first-order chi connectivity index (χ1) is 13.2. The van der Waals surface area contributed by atoms with E-state index < -0.39 is 0 Å². The molecule has 0 radical (unpaired) electrons. The number of morpholine rings is 1. The quantitative estimate of drug-likeness (QED) is 0.776. The van der Waals surface area contributed by atoms with Crippen LogP contribution >= 0.6 is 0 Å². The Kier molecular flexibility index (Phi) is 4.64. The summed E-state index contributed by atoms with van der Waals surface area (Å²) in [7, 11) is 1.55. The Morgan fingerprint density at radius 1 is 1.19 bits per heavy atom. The zero-order chi connectivity index (χ0) is 18.8. The number of pyridine rings is 1. The number of benzene rings is 2. The number of rotatable bonds is 3. The number of hydrogen-bond donors (Lipinski definition) is 1. The number of methoxy groups -OCH3 is 1. The zero-order valence-electron chi connectivity index (χ0n) is 15.0. The number of ether oxygens (including phenoxy) is 2. The Hall–Kier alpha value is -3.12. The minimum absolute atomic E-state index is 0.129. The molecule has 0 bridgehead atoms. The molecule has 3 aromatic rings. The molecule has 1 fully saturated rings. The van der Waals surface area contributed by atoms with E-state index in [0.29, 0.717) is 36.3 Å². The summed E-state index contributed by atoms with van der Waals surface area (Å²) in [6.07, 6.45) is 1.28. The molecular weight excluding hydrogens is 344 g/mol. The maximum absolute atomic E-state index is 13.0. The van der Waals surface area contributed by atoms with Crippen molar-refractivity contribution in [3.63, 3.8) is 0 Å². The number of carbonyl (C=O) groups excluding carboxylic acids is 1. The molecule has 1 aliphatic rings. The van der Waals surface area contributed by atoms with E-state index in [1.54, 1.807) is 30.2 Å². The van der Waals surface area contributed by atoms with Crippen LogP contribution in [-0.4, -0.2) is 42.6 Å². The topological polar surface area (TPSA) is 71.6 Å². The number of aromatic amines is 1. The highest BCUT2D eigenvalue weighted by Gasteiger charge is 2.27. The molecule has 2 aromatic carbocycles. The van der Waals surface area contributed by atoms with Crippen molar-refractivity contribution in [1.82, 2.24) is 9.88 Å². The van der Waals surface area contributed by atoms with Crippen LogP contribution in [-0.2, 0) is 4.74 Å². The summed E-state index contributed by atoms with van der Waals surface area (Å²) in [6, 6.07) is 15.0. The van der Waals surface area contributed by atoms with Crippen molar-refractivity contribution in [2.45, 2.75) is 6.10 Å². The van der Waals surface area contributed by atoms with Gasteiger partial charge in [0, 0.05) is 12.7 Å². The molecule has 4 rings (SSSR count). The Morgan fingerprint density at radius 2 is 2.00 bits per heavy atom. The van der Waals surface area contributed by atoms with Crippen molar-refractivity contribution in [3.05, 3.63) is 76.1 Å². The van der Waals surface area contributed by atoms with Crippen molar-refractivity contribution in [1.29, 1.82) is 0 Å². The second-order valence-corrected chi connectivity index (χ2v) is 6.44. The van der Waals surface area contributed by atoms with Gasteiger partial charge in [0.05, 0.1) is 31.2 Å². The van der Waals surface area contributed by atoms with Gasteiger partial charge in [0.1, 0.15) is 17.4 Å². The van der Waals surface area contributed by atoms with Gasteiger partial charge in [-0.1, -0.05) is 36.4 Å². The minimum atomic E-state index is -0.296. The van der Waals surface area contributed by atoms with E-state index in [9.17, 15) is 9.59 Å². The van der Waals surface area contributed by atoms with Gasteiger partial charge in [-0.05, 0) is 17.7 Å². The van der Waals surface area contributed by atoms with Crippen LogP contribution in [0.5, 0.6) is 5.75 Å². The highest BCUT2D eigenvalue weighted by Crippen LogP contribution is 2.24. The lowest BCUT2D eigenvalue weighted by molar-refractivity contribution is -0.0228. The lowest BCUT2D eigenvalue weighted by atomic mass is 10.1. The highest BCUT2D eigenvalue weighted by molar-refractivity contribution is 5.98. The molecule has 0 unspecified atom stereocenters. The molecule has 0 saturated carbocycles. The Balaban J connectivity index is 1.64. The predicted molar refractivity (Wildman–Crippen MR) is 102 cm³/mol. The van der Waals surface area contributed by atoms with Gasteiger partial charge in [-0.3, -0.25) is 9.59 Å². The SMILES string of the molecule is COc1cccc2c(=O)c(C(=O)N3CCO[C@@H](c4ccccc4)C3)c[nH]c12. The molecular formula is C21H20N2O4. The van der Waals surface area contributed by atoms with Crippen molar-refractivity contribution in [3.8, 4) is 5.75 Å². The van der Waals surface area contributed by atoms with Crippen LogP contribution in [0.25, 0.3) is 10.9 Å². The fraction of sp³-hybridized carbons (Fsp3) is 0.238. The van der Waals surface area contributed by atoms with Crippen LogP contribution in [0, 0.1) is 0 Å². The van der Waals surface area contributed by atoms with E-state index in [4.69, 9.17) is 9.47 Å². The number of aromatic nitrogens is 1. The standard InChI is InChI=1S/C21H20N2O4/c1-26-17-9-5-8-15-19(17)22-12-16(20(15)24)21(25)23-10-11-27-18(13-23)14-6-3-2-4-7-14/h2-9,12,18H,10-11,13H2,1H3,(H,22,24)/t18-/m1/s1. The molecule has 6 nitrogen and oxygen atoms in total. The molecule has 1 aromatic heterocycles. The van der Waals surface area contributed by atoms with Gasteiger partial charge in [-0.15, -0.1) is 0 Å². The third kappa shape index (κ3) is 3.19. The van der Waals surface area contributed by atoms with Crippen molar-refractivity contribution < 1.29 is 14.3 Å². The number of carbonyl (C=O) groups is 1. The smallest absolute Gasteiger partial charge is 0.259 e. The van der Waals surface area contributed by atoms with Crippen molar-refractivity contribution >= 4 is 16.8 Å². The predicted octanol–water partition coefficient (Wildman–Crippen LogP) is 2.75. The van der Waals surface area contributed by atoms with Gasteiger partial charge in [0.25, 0.3) is 5.91 Å². The van der Waals surface area contributed by atoms with E-state index >= 15 is 0 Å². The fourth-order valence-corrected chi connectivity index (χ4v) is 3.43. The first-order valence-electron chi connectivity index (χ1n) is 8.83. The summed E-state index contributed by atoms with van der Waals surface area (Å²) in [5.41, 5.74) is 1.44. The Bertz CT molecular complexity index is 1030. The van der Waals surface area contributed by atoms with Gasteiger partial charge >= 0.3 is 0 Å². The number of fused-ring (bicyclic) bond motifs is 1. The molecule has 138 valence electrons. The van der Waals surface area contributed by atoms with Crippen LogP contribution in [0.4, 0.5) is 0 Å². The van der Waals surface area contributed by atoms with Crippen molar-refractivity contribution in [2.24, 2.45) is 0 Å². The first kappa shape index (κ1) is 17.3. The normalized spacial score (nSPS) is 17.1. The monoisotopic (exact) mass is 364 g/mol. The molecule has 0 aliphatic carbocycles. The van der Waals surface area contributed by atoms with E-state index in [-0.39, 0.29) is 23.0 Å². The maximum Gasteiger partial charge on any atom is 0.259 e. The summed E-state index contributed by atoms with van der Waals surface area (Å²) < 4.78 is 11.1. The summed E-state index contributed by atoms with van der Waals surface area (Å²) in [6.45, 7) is 1.31. The lowest BCUT2D eigenvalue weighted by Gasteiger charge is -2.33. The molecule has 1 atom stereocenters. The molecule has 27 heavy (non-hydrogen) atoms. The van der Waals surface area contributed by atoms with Gasteiger partial charge < -0.3 is 19.4 Å². The third-order valence-electron chi connectivity index (χ3n) is 4.85. The summed E-state index contributed by atoms with van der Waals surface area (Å²) in [4.78, 5) is 30.6. The molecule has 2 heterocycles. The van der Waals surface area contributed by atoms with Crippen LogP contribution in [0.15, 0.2) is 59.5 Å². The largest absolute Gasteiger partial charge is 0.495 e. The van der Waals surface area contributed by atoms with Gasteiger partial charge in [0.2, 0.25) is 5.43 Å². The van der Waals surface area contributed by atoms with E-state index in [1.165, 1.54) is 6.20 Å². The molecule has 0 spiro atoms. The molecule has 1 N–H and O–H groups in total. The van der Waals surface area contributed by atoms with Crippen LogP contribution < -0.4 is 10.2 Å². The number of H-pyrrole nitrogens is 1. The van der Waals surface area contributed by atoms with Crippen molar-refractivity contribution in [2.75, 3.05) is 26.8 Å².